The molecule has 0 atom stereocenters. The van der Waals surface area contributed by atoms with Crippen molar-refractivity contribution in [3.8, 4) is 0 Å². The van der Waals surface area contributed by atoms with Gasteiger partial charge in [-0.3, -0.25) is 0 Å². The highest BCUT2D eigenvalue weighted by Gasteiger charge is 2.20. The van der Waals surface area contributed by atoms with E-state index in [0.717, 1.165) is 4.90 Å². The van der Waals surface area contributed by atoms with Crippen molar-refractivity contribution < 1.29 is 14.3 Å². The maximum absolute atomic E-state index is 11.6. The summed E-state index contributed by atoms with van der Waals surface area (Å²) in [6, 6.07) is -0.536. The average molecular weight is 243 g/mol. The van der Waals surface area contributed by atoms with Gasteiger partial charge in [-0.15, -0.1) is 0 Å². The number of nitrogens with one attached hydrogen (secondary N) is 1. The summed E-state index contributed by atoms with van der Waals surface area (Å²) >= 11 is 0. The highest BCUT2D eigenvalue weighted by Crippen LogP contribution is 1.96. The number of urea groups is 1. The van der Waals surface area contributed by atoms with Gasteiger partial charge in [0.15, 0.2) is 0 Å². The SMILES string of the molecule is CCOC(=O)N(CCN)C(=O)N/C=C/C(C)C. The van der Waals surface area contributed by atoms with Gasteiger partial charge in [0.2, 0.25) is 0 Å². The van der Waals surface area contributed by atoms with Crippen molar-refractivity contribution in [2.45, 2.75) is 20.8 Å². The number of carbonyl (C=O) groups excluding carboxylic acids is 2. The second-order valence-electron chi connectivity index (χ2n) is 3.69. The lowest BCUT2D eigenvalue weighted by Crippen LogP contribution is -2.44. The van der Waals surface area contributed by atoms with Crippen LogP contribution in [-0.4, -0.2) is 36.7 Å². The second kappa shape index (κ2) is 8.58. The fourth-order valence-electron chi connectivity index (χ4n) is 0.996. The van der Waals surface area contributed by atoms with E-state index < -0.39 is 12.1 Å². The van der Waals surface area contributed by atoms with Crippen LogP contribution >= 0.6 is 0 Å². The Hall–Kier alpha value is -1.56. The second-order valence-corrected chi connectivity index (χ2v) is 3.69. The molecule has 0 saturated carbocycles. The normalized spacial score (nSPS) is 10.6. The lowest BCUT2D eigenvalue weighted by atomic mass is 10.2. The Balaban J connectivity index is 4.38. The van der Waals surface area contributed by atoms with E-state index in [2.05, 4.69) is 5.32 Å². The zero-order chi connectivity index (χ0) is 13.3. The van der Waals surface area contributed by atoms with E-state index in [-0.39, 0.29) is 19.7 Å². The number of imide groups is 1. The van der Waals surface area contributed by atoms with Gasteiger partial charge in [-0.25, -0.2) is 14.5 Å². The van der Waals surface area contributed by atoms with Crippen molar-refractivity contribution in [3.63, 3.8) is 0 Å². The minimum atomic E-state index is -0.687. The van der Waals surface area contributed by atoms with Gasteiger partial charge in [-0.1, -0.05) is 19.9 Å². The van der Waals surface area contributed by atoms with Crippen molar-refractivity contribution in [1.82, 2.24) is 10.2 Å². The van der Waals surface area contributed by atoms with Crippen LogP contribution in [0, 0.1) is 5.92 Å². The molecule has 0 aliphatic carbocycles. The molecule has 0 bridgehead atoms. The molecule has 0 spiro atoms. The topological polar surface area (TPSA) is 84.7 Å². The predicted octanol–water partition coefficient (Wildman–Crippen LogP) is 1.28. The smallest absolute Gasteiger partial charge is 0.418 e. The Morgan fingerprint density at radius 2 is 2.12 bits per heavy atom. The number of nitrogens with zero attached hydrogens (tertiary/aromatic N) is 1. The van der Waals surface area contributed by atoms with Gasteiger partial charge < -0.3 is 15.8 Å². The fraction of sp³-hybridized carbons (Fsp3) is 0.636. The molecule has 0 rings (SSSR count). The Morgan fingerprint density at radius 1 is 1.47 bits per heavy atom. The zero-order valence-corrected chi connectivity index (χ0v) is 10.6. The van der Waals surface area contributed by atoms with Crippen LogP contribution in [0.2, 0.25) is 0 Å². The molecular formula is C11H21N3O3. The Labute approximate surface area is 102 Å². The average Bonchev–Trinajstić information content (AvgIpc) is 2.25. The van der Waals surface area contributed by atoms with E-state index in [1.54, 1.807) is 6.92 Å². The van der Waals surface area contributed by atoms with Crippen LogP contribution in [0.5, 0.6) is 0 Å². The van der Waals surface area contributed by atoms with Gasteiger partial charge in [0.25, 0.3) is 0 Å². The molecule has 3 N–H and O–H groups in total. The van der Waals surface area contributed by atoms with Crippen LogP contribution in [0.25, 0.3) is 0 Å². The van der Waals surface area contributed by atoms with Crippen molar-refractivity contribution >= 4 is 12.1 Å². The number of hydrogen-bond acceptors (Lipinski definition) is 4. The van der Waals surface area contributed by atoms with Crippen molar-refractivity contribution in [1.29, 1.82) is 0 Å². The summed E-state index contributed by atoms with van der Waals surface area (Å²) in [4.78, 5) is 24.0. The molecule has 98 valence electrons. The molecule has 0 saturated heterocycles. The minimum Gasteiger partial charge on any atom is -0.449 e. The molecule has 0 aromatic carbocycles. The highest BCUT2D eigenvalue weighted by atomic mass is 16.6. The first-order chi connectivity index (χ1) is 8.02. The molecule has 0 aliphatic heterocycles. The number of nitrogens with two attached hydrogens (primary N) is 1. The van der Waals surface area contributed by atoms with E-state index in [4.69, 9.17) is 10.5 Å². The zero-order valence-electron chi connectivity index (χ0n) is 10.6. The van der Waals surface area contributed by atoms with Gasteiger partial charge in [-0.05, 0) is 12.8 Å². The van der Waals surface area contributed by atoms with Crippen LogP contribution in [0.15, 0.2) is 12.3 Å². The van der Waals surface area contributed by atoms with Crippen LogP contribution in [0.3, 0.4) is 0 Å². The molecule has 17 heavy (non-hydrogen) atoms. The summed E-state index contributed by atoms with van der Waals surface area (Å²) in [5.74, 6) is 0.320. The van der Waals surface area contributed by atoms with Crippen LogP contribution in [0.1, 0.15) is 20.8 Å². The third kappa shape index (κ3) is 6.57. The summed E-state index contributed by atoms with van der Waals surface area (Å²) in [5.41, 5.74) is 5.33. The third-order valence-electron chi connectivity index (χ3n) is 1.77. The molecule has 6 heteroatoms. The van der Waals surface area contributed by atoms with Crippen molar-refractivity contribution in [2.24, 2.45) is 11.7 Å². The summed E-state index contributed by atoms with van der Waals surface area (Å²) in [7, 11) is 0. The molecule has 0 aliphatic rings. The number of carbonyl (C=O) groups is 2. The third-order valence-corrected chi connectivity index (χ3v) is 1.77. The minimum absolute atomic E-state index is 0.125. The van der Waals surface area contributed by atoms with E-state index in [1.807, 2.05) is 19.9 Å². The first-order valence-corrected chi connectivity index (χ1v) is 5.64. The van der Waals surface area contributed by atoms with Crippen molar-refractivity contribution in [2.75, 3.05) is 19.7 Å². The molecule has 0 fully saturated rings. The summed E-state index contributed by atoms with van der Waals surface area (Å²) < 4.78 is 4.75. The van der Waals surface area contributed by atoms with Crippen LogP contribution in [-0.2, 0) is 4.74 Å². The van der Waals surface area contributed by atoms with E-state index in [1.165, 1.54) is 6.20 Å². The number of allylic oxidation sites excluding steroid dienone is 1. The summed E-state index contributed by atoms with van der Waals surface area (Å²) in [6.07, 6.45) is 2.63. The van der Waals surface area contributed by atoms with Gasteiger partial charge in [0, 0.05) is 19.3 Å². The summed E-state index contributed by atoms with van der Waals surface area (Å²) in [6.45, 7) is 6.17. The lowest BCUT2D eigenvalue weighted by Gasteiger charge is -2.18. The fourth-order valence-corrected chi connectivity index (χ4v) is 0.996. The molecular weight excluding hydrogens is 222 g/mol. The molecule has 0 unspecified atom stereocenters. The molecule has 0 heterocycles. The largest absolute Gasteiger partial charge is 0.449 e. The van der Waals surface area contributed by atoms with Gasteiger partial charge in [-0.2, -0.15) is 0 Å². The first-order valence-electron chi connectivity index (χ1n) is 5.64. The van der Waals surface area contributed by atoms with Crippen LogP contribution < -0.4 is 11.1 Å². The Bertz CT molecular complexity index is 277. The lowest BCUT2D eigenvalue weighted by molar-refractivity contribution is 0.116. The number of amides is 3. The molecule has 0 aromatic rings. The highest BCUT2D eigenvalue weighted by molar-refractivity contribution is 5.91. The quantitative estimate of drug-likeness (QED) is 0.761. The molecule has 6 nitrogen and oxygen atoms in total. The molecule has 0 aromatic heterocycles. The predicted molar refractivity (Wildman–Crippen MR) is 65.3 cm³/mol. The number of hydrogen-bond donors (Lipinski definition) is 2. The molecule has 0 radical (unpaired) electrons. The van der Waals surface area contributed by atoms with E-state index in [9.17, 15) is 9.59 Å². The maximum atomic E-state index is 11.6. The number of rotatable bonds is 5. The number of ether oxygens (including phenoxy) is 1. The summed E-state index contributed by atoms with van der Waals surface area (Å²) in [5, 5.41) is 2.49. The maximum Gasteiger partial charge on any atom is 0.418 e. The van der Waals surface area contributed by atoms with Gasteiger partial charge in [0.05, 0.1) is 6.61 Å². The van der Waals surface area contributed by atoms with E-state index >= 15 is 0 Å². The van der Waals surface area contributed by atoms with E-state index in [0.29, 0.717) is 5.92 Å². The molecule has 3 amide bonds. The Morgan fingerprint density at radius 3 is 2.59 bits per heavy atom. The first kappa shape index (κ1) is 15.4. The standard InChI is InChI=1S/C11H21N3O3/c1-4-17-11(16)14(8-6-12)10(15)13-7-5-9(2)3/h5,7,9H,4,6,8,12H2,1-3H3,(H,13,15)/b7-5+. The van der Waals surface area contributed by atoms with Crippen molar-refractivity contribution in [3.05, 3.63) is 12.3 Å². The van der Waals surface area contributed by atoms with Crippen LogP contribution in [0.4, 0.5) is 9.59 Å². The van der Waals surface area contributed by atoms with Gasteiger partial charge in [0.1, 0.15) is 0 Å². The monoisotopic (exact) mass is 243 g/mol. The Kier molecular flexibility index (Phi) is 7.79. The van der Waals surface area contributed by atoms with Gasteiger partial charge >= 0.3 is 12.1 Å².